The number of nitrogens with one attached hydrogen (secondary N) is 1. The van der Waals surface area contributed by atoms with Crippen LogP contribution >= 0.6 is 38.9 Å². The first-order valence-corrected chi connectivity index (χ1v) is 6.23. The highest BCUT2D eigenvalue weighted by Crippen LogP contribution is 2.20. The Morgan fingerprint density at radius 1 is 1.47 bits per heavy atom. The lowest BCUT2D eigenvalue weighted by molar-refractivity contribution is 1.11. The largest absolute Gasteiger partial charge is 0.364 e. The van der Waals surface area contributed by atoms with Crippen LogP contribution in [0, 0.1) is 0 Å². The highest BCUT2D eigenvalue weighted by Gasteiger charge is 1.99. The lowest BCUT2D eigenvalue weighted by Crippen LogP contribution is -2.00. The minimum atomic E-state index is 0.396. The molecule has 0 atom stereocenters. The van der Waals surface area contributed by atoms with Crippen molar-refractivity contribution in [1.29, 1.82) is 0 Å². The van der Waals surface area contributed by atoms with E-state index < -0.39 is 0 Å². The second-order valence-corrected chi connectivity index (χ2v) is 5.11. The molecule has 0 spiro atoms. The molecule has 0 fully saturated rings. The molecule has 1 N–H and O–H groups in total. The lowest BCUT2D eigenvalue weighted by Gasteiger charge is -2.02. The Bertz CT molecular complexity index is 460. The van der Waals surface area contributed by atoms with E-state index in [2.05, 4.69) is 37.3 Å². The van der Waals surface area contributed by atoms with Gasteiger partial charge in [0.05, 0.1) is 18.9 Å². The van der Waals surface area contributed by atoms with Crippen LogP contribution in [-0.4, -0.2) is 9.97 Å². The second kappa shape index (κ2) is 4.92. The number of anilines is 1. The van der Waals surface area contributed by atoms with E-state index in [-0.39, 0.29) is 0 Å². The van der Waals surface area contributed by atoms with E-state index in [1.807, 2.05) is 5.38 Å². The molecule has 2 aromatic heterocycles. The van der Waals surface area contributed by atoms with Gasteiger partial charge in [0, 0.05) is 14.7 Å². The summed E-state index contributed by atoms with van der Waals surface area (Å²) in [5, 5.41) is 5.58. The van der Waals surface area contributed by atoms with Crippen molar-refractivity contribution in [3.8, 4) is 0 Å². The van der Waals surface area contributed by atoms with Crippen LogP contribution in [0.25, 0.3) is 0 Å². The first-order chi connectivity index (χ1) is 7.24. The van der Waals surface area contributed by atoms with Crippen molar-refractivity contribution in [1.82, 2.24) is 9.97 Å². The quantitative estimate of drug-likeness (QED) is 0.942. The van der Waals surface area contributed by atoms with Gasteiger partial charge in [-0.25, -0.2) is 4.98 Å². The molecule has 2 rings (SSSR count). The number of aromatic nitrogens is 2. The Hall–Kier alpha value is -0.650. The average molecular weight is 305 g/mol. The van der Waals surface area contributed by atoms with Crippen molar-refractivity contribution in [2.45, 2.75) is 6.54 Å². The molecule has 78 valence electrons. The molecule has 0 aromatic carbocycles. The molecule has 3 nitrogen and oxygen atoms in total. The Kier molecular flexibility index (Phi) is 3.56. The Morgan fingerprint density at radius 3 is 3.00 bits per heavy atom. The molecule has 2 heterocycles. The summed E-state index contributed by atoms with van der Waals surface area (Å²) < 4.78 is 1.10. The van der Waals surface area contributed by atoms with Crippen LogP contribution in [0.2, 0.25) is 5.15 Å². The first-order valence-electron chi connectivity index (χ1n) is 4.18. The van der Waals surface area contributed by atoms with Crippen molar-refractivity contribution >= 4 is 44.7 Å². The summed E-state index contributed by atoms with van der Waals surface area (Å²) in [6, 6.07) is 2.07. The third-order valence-corrected chi connectivity index (χ3v) is 3.55. The SMILES string of the molecule is Clc1cncc(NCc2cc(Br)cs2)n1. The van der Waals surface area contributed by atoms with Gasteiger partial charge in [0.2, 0.25) is 0 Å². The van der Waals surface area contributed by atoms with Gasteiger partial charge in [-0.05, 0) is 22.0 Å². The molecule has 0 bridgehead atoms. The summed E-state index contributed by atoms with van der Waals surface area (Å²) in [7, 11) is 0. The van der Waals surface area contributed by atoms with Gasteiger partial charge in [0.15, 0.2) is 0 Å². The Labute approximate surface area is 105 Å². The average Bonchev–Trinajstić information content (AvgIpc) is 2.62. The monoisotopic (exact) mass is 303 g/mol. The van der Waals surface area contributed by atoms with Gasteiger partial charge in [-0.1, -0.05) is 11.6 Å². The minimum absolute atomic E-state index is 0.396. The normalized spacial score (nSPS) is 10.3. The molecular formula is C9H7BrClN3S. The number of hydrogen-bond acceptors (Lipinski definition) is 4. The van der Waals surface area contributed by atoms with Crippen molar-refractivity contribution in [2.75, 3.05) is 5.32 Å². The van der Waals surface area contributed by atoms with Crippen LogP contribution in [0.15, 0.2) is 28.3 Å². The zero-order chi connectivity index (χ0) is 10.7. The predicted octanol–water partition coefficient (Wildman–Crippen LogP) is 3.57. The minimum Gasteiger partial charge on any atom is -0.364 e. The maximum atomic E-state index is 5.71. The highest BCUT2D eigenvalue weighted by molar-refractivity contribution is 9.10. The molecule has 2 aromatic rings. The van der Waals surface area contributed by atoms with E-state index in [0.717, 1.165) is 11.0 Å². The fourth-order valence-electron chi connectivity index (χ4n) is 1.05. The third kappa shape index (κ3) is 3.15. The standard InChI is InChI=1S/C9H7BrClN3S/c10-6-1-7(15-5-6)2-13-9-4-12-3-8(11)14-9/h1,3-5H,2H2,(H,13,14). The number of rotatable bonds is 3. The first kappa shape index (κ1) is 10.9. The highest BCUT2D eigenvalue weighted by atomic mass is 79.9. The predicted molar refractivity (Wildman–Crippen MR) is 66.4 cm³/mol. The van der Waals surface area contributed by atoms with Crippen molar-refractivity contribution in [3.05, 3.63) is 38.3 Å². The molecule has 6 heteroatoms. The smallest absolute Gasteiger partial charge is 0.149 e. The van der Waals surface area contributed by atoms with E-state index in [1.165, 1.54) is 11.1 Å². The summed E-state index contributed by atoms with van der Waals surface area (Å²) in [4.78, 5) is 9.24. The van der Waals surface area contributed by atoms with Crippen LogP contribution in [0.1, 0.15) is 4.88 Å². The maximum Gasteiger partial charge on any atom is 0.149 e. The van der Waals surface area contributed by atoms with Gasteiger partial charge in [-0.3, -0.25) is 4.98 Å². The van der Waals surface area contributed by atoms with Gasteiger partial charge >= 0.3 is 0 Å². The number of nitrogens with zero attached hydrogens (tertiary/aromatic N) is 2. The van der Waals surface area contributed by atoms with Crippen molar-refractivity contribution < 1.29 is 0 Å². The molecular weight excluding hydrogens is 298 g/mol. The van der Waals surface area contributed by atoms with Crippen LogP contribution in [0.5, 0.6) is 0 Å². The van der Waals surface area contributed by atoms with E-state index in [1.54, 1.807) is 17.5 Å². The molecule has 0 aliphatic heterocycles. The van der Waals surface area contributed by atoms with Crippen LogP contribution < -0.4 is 5.32 Å². The molecule has 15 heavy (non-hydrogen) atoms. The molecule has 0 radical (unpaired) electrons. The van der Waals surface area contributed by atoms with E-state index in [0.29, 0.717) is 11.0 Å². The summed E-state index contributed by atoms with van der Waals surface area (Å²) in [6.45, 7) is 0.727. The van der Waals surface area contributed by atoms with Crippen LogP contribution in [-0.2, 0) is 6.54 Å². The van der Waals surface area contributed by atoms with E-state index in [9.17, 15) is 0 Å². The van der Waals surface area contributed by atoms with Crippen molar-refractivity contribution in [3.63, 3.8) is 0 Å². The fourth-order valence-corrected chi connectivity index (χ4v) is 2.59. The summed E-state index contributed by atoms with van der Waals surface area (Å²) >= 11 is 10.8. The molecule has 0 aliphatic carbocycles. The Balaban J connectivity index is 1.99. The van der Waals surface area contributed by atoms with E-state index in [4.69, 9.17) is 11.6 Å². The second-order valence-electron chi connectivity index (χ2n) is 2.81. The van der Waals surface area contributed by atoms with Crippen LogP contribution in [0.4, 0.5) is 5.82 Å². The van der Waals surface area contributed by atoms with Gasteiger partial charge in [0.25, 0.3) is 0 Å². The molecule has 0 saturated heterocycles. The summed E-state index contributed by atoms with van der Waals surface area (Å²) in [5.41, 5.74) is 0. The van der Waals surface area contributed by atoms with E-state index >= 15 is 0 Å². The fraction of sp³-hybridized carbons (Fsp3) is 0.111. The van der Waals surface area contributed by atoms with Gasteiger partial charge < -0.3 is 5.32 Å². The molecule has 0 unspecified atom stereocenters. The number of hydrogen-bond donors (Lipinski definition) is 1. The maximum absolute atomic E-state index is 5.71. The zero-order valence-corrected chi connectivity index (χ0v) is 10.7. The summed E-state index contributed by atoms with van der Waals surface area (Å²) in [6.07, 6.45) is 3.16. The summed E-state index contributed by atoms with van der Waals surface area (Å²) in [5.74, 6) is 0.687. The van der Waals surface area contributed by atoms with Crippen LogP contribution in [0.3, 0.4) is 0 Å². The van der Waals surface area contributed by atoms with Crippen molar-refractivity contribution in [2.24, 2.45) is 0 Å². The number of thiophene rings is 1. The molecule has 0 amide bonds. The molecule has 0 saturated carbocycles. The third-order valence-electron chi connectivity index (χ3n) is 1.67. The number of halogens is 2. The topological polar surface area (TPSA) is 37.8 Å². The van der Waals surface area contributed by atoms with Gasteiger partial charge in [-0.2, -0.15) is 0 Å². The zero-order valence-electron chi connectivity index (χ0n) is 7.58. The lowest BCUT2D eigenvalue weighted by atomic mass is 10.4. The Morgan fingerprint density at radius 2 is 2.33 bits per heavy atom. The van der Waals surface area contributed by atoms with Gasteiger partial charge in [0.1, 0.15) is 11.0 Å². The molecule has 0 aliphatic rings. The van der Waals surface area contributed by atoms with Gasteiger partial charge in [-0.15, -0.1) is 11.3 Å².